The first-order chi connectivity index (χ1) is 7.63. The number of aliphatic hydroxyl groups is 1. The van der Waals surface area contributed by atoms with Crippen LogP contribution >= 0.6 is 0 Å². The van der Waals surface area contributed by atoms with Crippen molar-refractivity contribution in [1.82, 2.24) is 5.32 Å². The third-order valence-corrected chi connectivity index (χ3v) is 1.96. The van der Waals surface area contributed by atoms with Gasteiger partial charge in [0.05, 0.1) is 12.3 Å². The maximum Gasteiger partial charge on any atom is 0.258 e. The maximum atomic E-state index is 11.3. The highest BCUT2D eigenvalue weighted by molar-refractivity contribution is 5.78. The second-order valence-corrected chi connectivity index (χ2v) is 3.48. The molecule has 88 valence electrons. The molecular formula is C11H16N2O3. The Morgan fingerprint density at radius 1 is 1.56 bits per heavy atom. The van der Waals surface area contributed by atoms with Gasteiger partial charge in [0.2, 0.25) is 0 Å². The smallest absolute Gasteiger partial charge is 0.258 e. The Bertz CT molecular complexity index is 355. The van der Waals surface area contributed by atoms with Gasteiger partial charge < -0.3 is 20.9 Å². The Balaban J connectivity index is 2.40. The van der Waals surface area contributed by atoms with Gasteiger partial charge in [-0.1, -0.05) is 12.1 Å². The number of amides is 1. The van der Waals surface area contributed by atoms with Gasteiger partial charge in [0.1, 0.15) is 5.75 Å². The summed E-state index contributed by atoms with van der Waals surface area (Å²) in [6, 6.07) is 6.68. The van der Waals surface area contributed by atoms with E-state index in [1.807, 2.05) is 0 Å². The Hall–Kier alpha value is -1.75. The van der Waals surface area contributed by atoms with E-state index >= 15 is 0 Å². The Morgan fingerprint density at radius 3 is 2.88 bits per heavy atom. The van der Waals surface area contributed by atoms with E-state index in [1.165, 1.54) is 0 Å². The number of anilines is 1. The van der Waals surface area contributed by atoms with Crippen LogP contribution in [0, 0.1) is 0 Å². The SMILES string of the molecule is C[C@H](CO)NC(=O)COc1ccccc1N. The lowest BCUT2D eigenvalue weighted by Crippen LogP contribution is -2.38. The predicted molar refractivity (Wildman–Crippen MR) is 61.0 cm³/mol. The van der Waals surface area contributed by atoms with Crippen molar-refractivity contribution < 1.29 is 14.6 Å². The van der Waals surface area contributed by atoms with Crippen molar-refractivity contribution in [3.63, 3.8) is 0 Å². The van der Waals surface area contributed by atoms with Crippen LogP contribution in [0.25, 0.3) is 0 Å². The lowest BCUT2D eigenvalue weighted by Gasteiger charge is -2.12. The van der Waals surface area contributed by atoms with E-state index in [0.29, 0.717) is 11.4 Å². The molecule has 0 fully saturated rings. The maximum absolute atomic E-state index is 11.3. The van der Waals surface area contributed by atoms with Crippen LogP contribution in [0.5, 0.6) is 5.75 Å². The molecule has 1 atom stereocenters. The summed E-state index contributed by atoms with van der Waals surface area (Å²) in [5, 5.41) is 11.3. The summed E-state index contributed by atoms with van der Waals surface area (Å²) in [5.74, 6) is 0.194. The van der Waals surface area contributed by atoms with Crippen molar-refractivity contribution in [2.24, 2.45) is 0 Å². The number of para-hydroxylation sites is 2. The summed E-state index contributed by atoms with van der Waals surface area (Å²) in [7, 11) is 0. The van der Waals surface area contributed by atoms with Crippen LogP contribution in [-0.4, -0.2) is 30.3 Å². The number of hydrogen-bond acceptors (Lipinski definition) is 4. The highest BCUT2D eigenvalue weighted by Gasteiger charge is 2.07. The van der Waals surface area contributed by atoms with E-state index in [1.54, 1.807) is 31.2 Å². The molecule has 0 spiro atoms. The Kier molecular flexibility index (Phi) is 4.60. The summed E-state index contributed by atoms with van der Waals surface area (Å²) in [6.07, 6.45) is 0. The van der Waals surface area contributed by atoms with Crippen LogP contribution < -0.4 is 15.8 Å². The Labute approximate surface area is 94.2 Å². The molecule has 0 aliphatic carbocycles. The topological polar surface area (TPSA) is 84.6 Å². The van der Waals surface area contributed by atoms with Gasteiger partial charge in [0.15, 0.2) is 6.61 Å². The fourth-order valence-corrected chi connectivity index (χ4v) is 1.12. The van der Waals surface area contributed by atoms with E-state index in [4.69, 9.17) is 15.6 Å². The summed E-state index contributed by atoms with van der Waals surface area (Å²) in [4.78, 5) is 11.3. The first kappa shape index (κ1) is 12.3. The van der Waals surface area contributed by atoms with Crippen LogP contribution in [0.4, 0.5) is 5.69 Å². The first-order valence-corrected chi connectivity index (χ1v) is 5.01. The molecule has 1 aromatic rings. The van der Waals surface area contributed by atoms with Gasteiger partial charge in [-0.2, -0.15) is 0 Å². The molecule has 5 heteroatoms. The van der Waals surface area contributed by atoms with Gasteiger partial charge in [0, 0.05) is 6.04 Å². The number of aliphatic hydroxyl groups excluding tert-OH is 1. The van der Waals surface area contributed by atoms with E-state index < -0.39 is 0 Å². The van der Waals surface area contributed by atoms with E-state index in [2.05, 4.69) is 5.32 Å². The molecular weight excluding hydrogens is 208 g/mol. The summed E-state index contributed by atoms with van der Waals surface area (Å²) in [5.41, 5.74) is 6.13. The molecule has 1 aromatic carbocycles. The van der Waals surface area contributed by atoms with E-state index in [0.717, 1.165) is 0 Å². The fourth-order valence-electron chi connectivity index (χ4n) is 1.12. The first-order valence-electron chi connectivity index (χ1n) is 5.01. The number of nitrogens with two attached hydrogens (primary N) is 1. The number of ether oxygens (including phenoxy) is 1. The van der Waals surface area contributed by atoms with Gasteiger partial charge in [0.25, 0.3) is 5.91 Å². The normalized spacial score (nSPS) is 11.9. The zero-order chi connectivity index (χ0) is 12.0. The molecule has 0 aliphatic heterocycles. The van der Waals surface area contributed by atoms with Crippen LogP contribution in [0.1, 0.15) is 6.92 Å². The van der Waals surface area contributed by atoms with Crippen molar-refractivity contribution in [3.8, 4) is 5.75 Å². The highest BCUT2D eigenvalue weighted by Crippen LogP contribution is 2.19. The number of hydrogen-bond donors (Lipinski definition) is 3. The minimum Gasteiger partial charge on any atom is -0.482 e. The molecule has 0 bridgehead atoms. The summed E-state index contributed by atoms with van der Waals surface area (Å²) >= 11 is 0. The van der Waals surface area contributed by atoms with Crippen LogP contribution in [0.2, 0.25) is 0 Å². The molecule has 5 nitrogen and oxygen atoms in total. The highest BCUT2D eigenvalue weighted by atomic mass is 16.5. The molecule has 1 amide bonds. The van der Waals surface area contributed by atoms with Crippen molar-refractivity contribution in [2.45, 2.75) is 13.0 Å². The number of carbonyl (C=O) groups excluding carboxylic acids is 1. The van der Waals surface area contributed by atoms with Crippen LogP contribution in [0.3, 0.4) is 0 Å². The molecule has 0 saturated carbocycles. The second-order valence-electron chi connectivity index (χ2n) is 3.48. The molecule has 0 aromatic heterocycles. The lowest BCUT2D eigenvalue weighted by atomic mass is 10.3. The molecule has 0 aliphatic rings. The summed E-state index contributed by atoms with van der Waals surface area (Å²) in [6.45, 7) is 1.49. The molecule has 0 radical (unpaired) electrons. The van der Waals surface area contributed by atoms with Crippen molar-refractivity contribution in [3.05, 3.63) is 24.3 Å². The van der Waals surface area contributed by atoms with Gasteiger partial charge in [-0.3, -0.25) is 4.79 Å². The average molecular weight is 224 g/mol. The zero-order valence-electron chi connectivity index (χ0n) is 9.14. The third-order valence-electron chi connectivity index (χ3n) is 1.96. The van der Waals surface area contributed by atoms with Crippen molar-refractivity contribution in [1.29, 1.82) is 0 Å². The average Bonchev–Trinajstić information content (AvgIpc) is 2.28. The van der Waals surface area contributed by atoms with E-state index in [9.17, 15) is 4.79 Å². The summed E-state index contributed by atoms with van der Waals surface area (Å²) < 4.78 is 5.23. The van der Waals surface area contributed by atoms with Crippen molar-refractivity contribution >= 4 is 11.6 Å². The predicted octanol–water partition coefficient (Wildman–Crippen LogP) is 0.145. The molecule has 0 unspecified atom stereocenters. The minimum absolute atomic E-state index is 0.0980. The van der Waals surface area contributed by atoms with Crippen molar-refractivity contribution in [2.75, 3.05) is 18.9 Å². The van der Waals surface area contributed by atoms with Gasteiger partial charge >= 0.3 is 0 Å². The molecule has 0 heterocycles. The monoisotopic (exact) mass is 224 g/mol. The van der Waals surface area contributed by atoms with Gasteiger partial charge in [-0.15, -0.1) is 0 Å². The quantitative estimate of drug-likeness (QED) is 0.621. The number of nitrogens with one attached hydrogen (secondary N) is 1. The number of rotatable bonds is 5. The lowest BCUT2D eigenvalue weighted by molar-refractivity contribution is -0.123. The number of nitrogen functional groups attached to an aromatic ring is 1. The van der Waals surface area contributed by atoms with Crippen LogP contribution in [0.15, 0.2) is 24.3 Å². The van der Waals surface area contributed by atoms with Gasteiger partial charge in [-0.25, -0.2) is 0 Å². The number of carbonyl (C=O) groups is 1. The Morgan fingerprint density at radius 2 is 2.25 bits per heavy atom. The zero-order valence-corrected chi connectivity index (χ0v) is 9.14. The standard InChI is InChI=1S/C11H16N2O3/c1-8(6-14)13-11(15)7-16-10-5-3-2-4-9(10)12/h2-5,8,14H,6-7,12H2,1H3,(H,13,15)/t8-/m1/s1. The second kappa shape index (κ2) is 5.97. The van der Waals surface area contributed by atoms with E-state index in [-0.39, 0.29) is 25.2 Å². The molecule has 4 N–H and O–H groups in total. The minimum atomic E-state index is -0.287. The molecule has 1 rings (SSSR count). The van der Waals surface area contributed by atoms with Crippen LogP contribution in [-0.2, 0) is 4.79 Å². The van der Waals surface area contributed by atoms with Gasteiger partial charge in [-0.05, 0) is 19.1 Å². The molecule has 0 saturated heterocycles. The third kappa shape index (κ3) is 3.78. The fraction of sp³-hybridized carbons (Fsp3) is 0.364. The molecule has 16 heavy (non-hydrogen) atoms. The number of benzene rings is 1. The largest absolute Gasteiger partial charge is 0.482 e.